The van der Waals surface area contributed by atoms with Gasteiger partial charge in [-0.25, -0.2) is 4.39 Å². The molecule has 0 aliphatic carbocycles. The standard InChI is InChI=1S/C19H21FN2O/c1-14-5-2-3-6-17(14)21-19(23)13-22-12-4-7-18(22)15-8-10-16(20)11-9-15/h2-3,5-6,8-11,18H,4,7,12-13H2,1H3,(H,21,23)/t18-/m1/s1. The van der Waals surface area contributed by atoms with Gasteiger partial charge in [-0.3, -0.25) is 9.69 Å². The highest BCUT2D eigenvalue weighted by Crippen LogP contribution is 2.31. The summed E-state index contributed by atoms with van der Waals surface area (Å²) < 4.78 is 13.1. The Kier molecular flexibility index (Phi) is 4.72. The molecule has 1 heterocycles. The van der Waals surface area contributed by atoms with Crippen molar-refractivity contribution in [3.63, 3.8) is 0 Å². The number of rotatable bonds is 4. The molecule has 1 amide bonds. The molecule has 3 rings (SSSR count). The summed E-state index contributed by atoms with van der Waals surface area (Å²) in [6.07, 6.45) is 2.06. The smallest absolute Gasteiger partial charge is 0.238 e. The third-order valence-electron chi connectivity index (χ3n) is 4.38. The first-order valence-corrected chi connectivity index (χ1v) is 7.98. The molecule has 1 atom stereocenters. The number of amides is 1. The van der Waals surface area contributed by atoms with Crippen molar-refractivity contribution < 1.29 is 9.18 Å². The van der Waals surface area contributed by atoms with Crippen molar-refractivity contribution in [3.05, 3.63) is 65.5 Å². The summed E-state index contributed by atoms with van der Waals surface area (Å²) >= 11 is 0. The number of carbonyl (C=O) groups is 1. The molecule has 1 aliphatic heterocycles. The number of para-hydroxylation sites is 1. The van der Waals surface area contributed by atoms with Crippen molar-refractivity contribution in [1.29, 1.82) is 0 Å². The molecule has 1 aliphatic rings. The number of aryl methyl sites for hydroxylation is 1. The molecule has 1 N–H and O–H groups in total. The average Bonchev–Trinajstić information content (AvgIpc) is 2.98. The van der Waals surface area contributed by atoms with Crippen LogP contribution < -0.4 is 5.32 Å². The summed E-state index contributed by atoms with van der Waals surface area (Å²) in [5.41, 5.74) is 2.99. The van der Waals surface area contributed by atoms with E-state index in [4.69, 9.17) is 0 Å². The van der Waals surface area contributed by atoms with Gasteiger partial charge in [-0.1, -0.05) is 30.3 Å². The number of nitrogens with zero attached hydrogens (tertiary/aromatic N) is 1. The molecular weight excluding hydrogens is 291 g/mol. The fourth-order valence-electron chi connectivity index (χ4n) is 3.17. The number of hydrogen-bond acceptors (Lipinski definition) is 2. The van der Waals surface area contributed by atoms with Gasteiger partial charge in [0.15, 0.2) is 0 Å². The van der Waals surface area contributed by atoms with E-state index in [1.54, 1.807) is 0 Å². The summed E-state index contributed by atoms with van der Waals surface area (Å²) in [4.78, 5) is 14.5. The zero-order valence-electron chi connectivity index (χ0n) is 13.3. The predicted molar refractivity (Wildman–Crippen MR) is 89.8 cm³/mol. The predicted octanol–water partition coefficient (Wildman–Crippen LogP) is 3.91. The Morgan fingerprint density at radius 1 is 1.22 bits per heavy atom. The number of benzene rings is 2. The minimum absolute atomic E-state index is 0.00619. The third-order valence-corrected chi connectivity index (χ3v) is 4.38. The molecule has 0 radical (unpaired) electrons. The summed E-state index contributed by atoms with van der Waals surface area (Å²) in [5.74, 6) is -0.232. The molecule has 1 saturated heterocycles. The minimum Gasteiger partial charge on any atom is -0.325 e. The lowest BCUT2D eigenvalue weighted by Crippen LogP contribution is -2.33. The first kappa shape index (κ1) is 15.7. The maximum absolute atomic E-state index is 13.1. The first-order valence-electron chi connectivity index (χ1n) is 7.98. The highest BCUT2D eigenvalue weighted by Gasteiger charge is 2.27. The van der Waals surface area contributed by atoms with Gasteiger partial charge in [0.25, 0.3) is 0 Å². The third kappa shape index (κ3) is 3.77. The van der Waals surface area contributed by atoms with Crippen LogP contribution in [0.15, 0.2) is 48.5 Å². The Morgan fingerprint density at radius 2 is 1.96 bits per heavy atom. The molecule has 2 aromatic carbocycles. The van der Waals surface area contributed by atoms with Crippen LogP contribution in [-0.4, -0.2) is 23.9 Å². The van der Waals surface area contributed by atoms with E-state index in [0.29, 0.717) is 6.54 Å². The van der Waals surface area contributed by atoms with Crippen LogP contribution in [-0.2, 0) is 4.79 Å². The van der Waals surface area contributed by atoms with Gasteiger partial charge in [-0.15, -0.1) is 0 Å². The lowest BCUT2D eigenvalue weighted by molar-refractivity contribution is -0.117. The second-order valence-corrected chi connectivity index (χ2v) is 6.04. The lowest BCUT2D eigenvalue weighted by Gasteiger charge is -2.24. The normalized spacial score (nSPS) is 18.1. The van der Waals surface area contributed by atoms with E-state index >= 15 is 0 Å². The van der Waals surface area contributed by atoms with Crippen molar-refractivity contribution in [2.24, 2.45) is 0 Å². The van der Waals surface area contributed by atoms with Crippen LogP contribution in [0, 0.1) is 12.7 Å². The number of halogens is 1. The number of likely N-dealkylation sites (tertiary alicyclic amines) is 1. The van der Waals surface area contributed by atoms with E-state index in [9.17, 15) is 9.18 Å². The average molecular weight is 312 g/mol. The van der Waals surface area contributed by atoms with Crippen molar-refractivity contribution >= 4 is 11.6 Å². The van der Waals surface area contributed by atoms with Gasteiger partial charge in [0.1, 0.15) is 5.82 Å². The Morgan fingerprint density at radius 3 is 2.70 bits per heavy atom. The molecule has 3 nitrogen and oxygen atoms in total. The number of anilines is 1. The van der Waals surface area contributed by atoms with Gasteiger partial charge >= 0.3 is 0 Å². The quantitative estimate of drug-likeness (QED) is 0.928. The van der Waals surface area contributed by atoms with Crippen LogP contribution in [0.4, 0.5) is 10.1 Å². The monoisotopic (exact) mass is 312 g/mol. The van der Waals surface area contributed by atoms with Crippen LogP contribution >= 0.6 is 0 Å². The van der Waals surface area contributed by atoms with Gasteiger partial charge in [-0.05, 0) is 55.6 Å². The summed E-state index contributed by atoms with van der Waals surface area (Å²) in [7, 11) is 0. The van der Waals surface area contributed by atoms with Crippen LogP contribution in [0.2, 0.25) is 0 Å². The summed E-state index contributed by atoms with van der Waals surface area (Å²) in [5, 5.41) is 2.98. The zero-order chi connectivity index (χ0) is 16.2. The van der Waals surface area contributed by atoms with E-state index in [1.807, 2.05) is 43.3 Å². The van der Waals surface area contributed by atoms with Gasteiger partial charge < -0.3 is 5.32 Å². The largest absolute Gasteiger partial charge is 0.325 e. The summed E-state index contributed by atoms with van der Waals surface area (Å²) in [6.45, 7) is 3.23. The molecular formula is C19H21FN2O. The van der Waals surface area contributed by atoms with Crippen LogP contribution in [0.5, 0.6) is 0 Å². The van der Waals surface area contributed by atoms with Crippen LogP contribution in [0.3, 0.4) is 0 Å². The van der Waals surface area contributed by atoms with Crippen molar-refractivity contribution in [1.82, 2.24) is 4.90 Å². The second-order valence-electron chi connectivity index (χ2n) is 6.04. The number of nitrogens with one attached hydrogen (secondary N) is 1. The zero-order valence-corrected chi connectivity index (χ0v) is 13.3. The molecule has 1 fully saturated rings. The van der Waals surface area contributed by atoms with Crippen molar-refractivity contribution in [2.75, 3.05) is 18.4 Å². The Hall–Kier alpha value is -2.20. The van der Waals surface area contributed by atoms with Crippen molar-refractivity contribution in [3.8, 4) is 0 Å². The fraction of sp³-hybridized carbons (Fsp3) is 0.316. The van der Waals surface area contributed by atoms with Gasteiger partial charge in [0, 0.05) is 11.7 Å². The Bertz CT molecular complexity index is 684. The molecule has 4 heteroatoms. The molecule has 0 saturated carbocycles. The van der Waals surface area contributed by atoms with Gasteiger partial charge in [-0.2, -0.15) is 0 Å². The Labute approximate surface area is 136 Å². The van der Waals surface area contributed by atoms with E-state index in [1.165, 1.54) is 12.1 Å². The van der Waals surface area contributed by atoms with Gasteiger partial charge in [0.05, 0.1) is 6.54 Å². The number of carbonyl (C=O) groups excluding carboxylic acids is 1. The Balaban J connectivity index is 1.65. The molecule has 120 valence electrons. The molecule has 2 aromatic rings. The van der Waals surface area contributed by atoms with Crippen LogP contribution in [0.1, 0.15) is 30.0 Å². The van der Waals surface area contributed by atoms with E-state index in [0.717, 1.165) is 36.2 Å². The van der Waals surface area contributed by atoms with E-state index in [-0.39, 0.29) is 17.8 Å². The van der Waals surface area contributed by atoms with Gasteiger partial charge in [0.2, 0.25) is 5.91 Å². The second kappa shape index (κ2) is 6.92. The first-order chi connectivity index (χ1) is 11.1. The lowest BCUT2D eigenvalue weighted by atomic mass is 10.0. The fourth-order valence-corrected chi connectivity index (χ4v) is 3.17. The molecule has 0 aromatic heterocycles. The molecule has 0 bridgehead atoms. The highest BCUT2D eigenvalue weighted by molar-refractivity contribution is 5.93. The summed E-state index contributed by atoms with van der Waals surface area (Å²) in [6, 6.07) is 14.6. The van der Waals surface area contributed by atoms with Crippen LogP contribution in [0.25, 0.3) is 0 Å². The van der Waals surface area contributed by atoms with E-state index < -0.39 is 0 Å². The topological polar surface area (TPSA) is 32.3 Å². The van der Waals surface area contributed by atoms with E-state index in [2.05, 4.69) is 10.2 Å². The SMILES string of the molecule is Cc1ccccc1NC(=O)CN1CCC[C@@H]1c1ccc(F)cc1. The number of hydrogen-bond donors (Lipinski definition) is 1. The van der Waals surface area contributed by atoms with Crippen molar-refractivity contribution in [2.45, 2.75) is 25.8 Å². The maximum atomic E-state index is 13.1. The molecule has 0 unspecified atom stereocenters. The highest BCUT2D eigenvalue weighted by atomic mass is 19.1. The molecule has 23 heavy (non-hydrogen) atoms. The minimum atomic E-state index is -0.226. The maximum Gasteiger partial charge on any atom is 0.238 e. The molecule has 0 spiro atoms.